The number of hydrogen-bond donors (Lipinski definition) is 0. The average Bonchev–Trinajstić information content (AvgIpc) is 3.18. The number of fused-ring (bicyclic) bond motifs is 3. The molecule has 0 aliphatic carbocycles. The smallest absolute Gasteiger partial charge is 0.273 e. The predicted octanol–water partition coefficient (Wildman–Crippen LogP) is 3.36. The molecule has 2 aromatic carbocycles. The summed E-state index contributed by atoms with van der Waals surface area (Å²) < 4.78 is 3.69. The fraction of sp³-hybridized carbons (Fsp3) is 0.308. The van der Waals surface area contributed by atoms with E-state index in [1.165, 1.54) is 16.7 Å². The Kier molecular flexibility index (Phi) is 6.07. The van der Waals surface area contributed by atoms with Gasteiger partial charge in [-0.25, -0.2) is 0 Å². The zero-order valence-electron chi connectivity index (χ0n) is 19.6. The number of nitriles is 1. The molecular formula is C26H26N6O3. The van der Waals surface area contributed by atoms with Crippen LogP contribution in [-0.2, 0) is 6.54 Å². The monoisotopic (exact) mass is 470 g/mol. The molecule has 0 spiro atoms. The number of aromatic nitrogens is 2. The third-order valence-corrected chi connectivity index (χ3v) is 6.81. The van der Waals surface area contributed by atoms with Crippen molar-refractivity contribution in [3.05, 3.63) is 80.6 Å². The maximum atomic E-state index is 13.3. The number of nitro benzene ring substituents is 1. The van der Waals surface area contributed by atoms with E-state index >= 15 is 0 Å². The van der Waals surface area contributed by atoms with E-state index in [-0.39, 0.29) is 11.3 Å². The minimum atomic E-state index is -0.472. The van der Waals surface area contributed by atoms with Crippen LogP contribution >= 0.6 is 0 Å². The van der Waals surface area contributed by atoms with Gasteiger partial charge in [-0.2, -0.15) is 5.26 Å². The molecule has 0 atom stereocenters. The first-order valence-electron chi connectivity index (χ1n) is 11.7. The number of hydrogen-bond acceptors (Lipinski definition) is 6. The Hall–Kier alpha value is -4.00. The molecular weight excluding hydrogens is 444 g/mol. The van der Waals surface area contributed by atoms with Crippen molar-refractivity contribution in [2.75, 3.05) is 39.8 Å². The number of pyridine rings is 1. The molecule has 9 heteroatoms. The van der Waals surface area contributed by atoms with Crippen molar-refractivity contribution in [1.82, 2.24) is 18.9 Å². The van der Waals surface area contributed by atoms with Gasteiger partial charge in [0.15, 0.2) is 0 Å². The van der Waals surface area contributed by atoms with E-state index < -0.39 is 10.5 Å². The van der Waals surface area contributed by atoms with E-state index in [4.69, 9.17) is 0 Å². The molecule has 2 aromatic heterocycles. The van der Waals surface area contributed by atoms with Gasteiger partial charge < -0.3 is 14.4 Å². The highest BCUT2D eigenvalue weighted by atomic mass is 16.6. The van der Waals surface area contributed by atoms with Crippen molar-refractivity contribution < 1.29 is 4.92 Å². The molecule has 1 saturated heterocycles. The minimum absolute atomic E-state index is 0.0407. The van der Waals surface area contributed by atoms with Crippen LogP contribution in [-0.4, -0.2) is 63.6 Å². The quantitative estimate of drug-likeness (QED) is 0.316. The van der Waals surface area contributed by atoms with E-state index in [1.54, 1.807) is 18.2 Å². The number of non-ortho nitro benzene ring substituents is 1. The first kappa shape index (κ1) is 22.8. The number of piperazine rings is 1. The molecule has 5 rings (SSSR count). The zero-order valence-corrected chi connectivity index (χ0v) is 19.6. The van der Waals surface area contributed by atoms with E-state index in [9.17, 15) is 20.2 Å². The summed E-state index contributed by atoms with van der Waals surface area (Å²) in [6.45, 7) is 5.99. The van der Waals surface area contributed by atoms with Crippen LogP contribution in [0.25, 0.3) is 27.6 Å². The first-order valence-corrected chi connectivity index (χ1v) is 11.7. The molecule has 178 valence electrons. The van der Waals surface area contributed by atoms with Crippen LogP contribution in [0.1, 0.15) is 12.0 Å². The second-order valence-corrected chi connectivity index (χ2v) is 8.98. The van der Waals surface area contributed by atoms with Crippen molar-refractivity contribution >= 4 is 27.6 Å². The number of benzene rings is 2. The molecule has 35 heavy (non-hydrogen) atoms. The summed E-state index contributed by atoms with van der Waals surface area (Å²) >= 11 is 0. The van der Waals surface area contributed by atoms with Gasteiger partial charge in [0.05, 0.1) is 21.5 Å². The normalized spacial score (nSPS) is 15.0. The molecule has 3 heterocycles. The SMILES string of the molecule is CN1CCN(CCCn2c3ccccc3c3c2cc(C#N)c(=O)n3-c2ccc([N+](=O)[O-])cc2)CC1. The topological polar surface area (TPSA) is 100 Å². The van der Waals surface area contributed by atoms with Crippen molar-refractivity contribution in [2.45, 2.75) is 13.0 Å². The second-order valence-electron chi connectivity index (χ2n) is 8.98. The fourth-order valence-corrected chi connectivity index (χ4v) is 4.92. The number of likely N-dealkylation sites (N-methyl/N-ethyl adjacent to an activating group) is 1. The summed E-state index contributed by atoms with van der Waals surface area (Å²) in [5.41, 5.74) is 2.54. The van der Waals surface area contributed by atoms with Gasteiger partial charge in [0, 0.05) is 55.9 Å². The Bertz CT molecular complexity index is 1500. The second kappa shape index (κ2) is 9.33. The van der Waals surface area contributed by atoms with Gasteiger partial charge in [0.2, 0.25) is 0 Å². The number of para-hydroxylation sites is 1. The van der Waals surface area contributed by atoms with Gasteiger partial charge in [-0.3, -0.25) is 19.5 Å². The molecule has 0 amide bonds. The lowest BCUT2D eigenvalue weighted by Crippen LogP contribution is -2.44. The summed E-state index contributed by atoms with van der Waals surface area (Å²) in [6, 6.07) is 17.5. The molecule has 1 aliphatic heterocycles. The first-order chi connectivity index (χ1) is 17.0. The lowest BCUT2D eigenvalue weighted by Gasteiger charge is -2.32. The highest BCUT2D eigenvalue weighted by Crippen LogP contribution is 2.31. The van der Waals surface area contributed by atoms with Gasteiger partial charge in [-0.05, 0) is 44.3 Å². The van der Waals surface area contributed by atoms with Crippen LogP contribution in [0.15, 0.2) is 59.4 Å². The van der Waals surface area contributed by atoms with Gasteiger partial charge in [-0.1, -0.05) is 18.2 Å². The highest BCUT2D eigenvalue weighted by molar-refractivity contribution is 6.07. The van der Waals surface area contributed by atoms with Gasteiger partial charge in [0.1, 0.15) is 11.6 Å². The lowest BCUT2D eigenvalue weighted by atomic mass is 10.2. The Morgan fingerprint density at radius 2 is 1.71 bits per heavy atom. The average molecular weight is 471 g/mol. The van der Waals surface area contributed by atoms with E-state index in [0.717, 1.165) is 62.1 Å². The fourth-order valence-electron chi connectivity index (χ4n) is 4.92. The molecule has 1 fully saturated rings. The molecule has 0 saturated carbocycles. The Labute approximate surface area is 202 Å². The zero-order chi connectivity index (χ0) is 24.5. The van der Waals surface area contributed by atoms with Gasteiger partial charge >= 0.3 is 0 Å². The van der Waals surface area contributed by atoms with Crippen molar-refractivity contribution in [2.24, 2.45) is 0 Å². The molecule has 0 N–H and O–H groups in total. The van der Waals surface area contributed by atoms with E-state index in [0.29, 0.717) is 11.2 Å². The maximum absolute atomic E-state index is 13.3. The summed E-state index contributed by atoms with van der Waals surface area (Å²) in [7, 11) is 2.15. The summed E-state index contributed by atoms with van der Waals surface area (Å²) in [5, 5.41) is 21.8. The van der Waals surface area contributed by atoms with Crippen LogP contribution in [0.2, 0.25) is 0 Å². The van der Waals surface area contributed by atoms with Crippen LogP contribution in [0, 0.1) is 21.4 Å². The number of nitrogens with zero attached hydrogens (tertiary/aromatic N) is 6. The molecule has 4 aromatic rings. The summed E-state index contributed by atoms with van der Waals surface area (Å²) in [6.07, 6.45) is 0.941. The number of rotatable bonds is 6. The molecule has 0 unspecified atom stereocenters. The van der Waals surface area contributed by atoms with Crippen LogP contribution in [0.5, 0.6) is 0 Å². The molecule has 1 aliphatic rings. The van der Waals surface area contributed by atoms with E-state index in [1.807, 2.05) is 30.3 Å². The highest BCUT2D eigenvalue weighted by Gasteiger charge is 2.20. The van der Waals surface area contributed by atoms with Crippen LogP contribution < -0.4 is 5.56 Å². The van der Waals surface area contributed by atoms with Crippen molar-refractivity contribution in [1.29, 1.82) is 5.26 Å². The standard InChI is InChI=1S/C26H26N6O3/c1-28-13-15-29(16-14-28)11-4-12-30-23-6-3-2-5-22(23)25-24(30)17-19(18-27)26(33)31(25)20-7-9-21(10-8-20)32(34)35/h2-3,5-10,17H,4,11-16H2,1H3. The lowest BCUT2D eigenvalue weighted by molar-refractivity contribution is -0.384. The third-order valence-electron chi connectivity index (χ3n) is 6.81. The Morgan fingerprint density at radius 3 is 2.40 bits per heavy atom. The molecule has 9 nitrogen and oxygen atoms in total. The Balaban J connectivity index is 1.62. The summed E-state index contributed by atoms with van der Waals surface area (Å²) in [5.74, 6) is 0. The third kappa shape index (κ3) is 4.18. The van der Waals surface area contributed by atoms with Gasteiger partial charge in [0.25, 0.3) is 11.2 Å². The van der Waals surface area contributed by atoms with Crippen LogP contribution in [0.3, 0.4) is 0 Å². The van der Waals surface area contributed by atoms with E-state index in [2.05, 4.69) is 21.4 Å². The molecule has 0 bridgehead atoms. The maximum Gasteiger partial charge on any atom is 0.273 e. The minimum Gasteiger partial charge on any atom is -0.339 e. The van der Waals surface area contributed by atoms with Crippen molar-refractivity contribution in [3.63, 3.8) is 0 Å². The Morgan fingerprint density at radius 1 is 1.00 bits per heavy atom. The van der Waals surface area contributed by atoms with Gasteiger partial charge in [-0.15, -0.1) is 0 Å². The van der Waals surface area contributed by atoms with Crippen molar-refractivity contribution in [3.8, 4) is 11.8 Å². The molecule has 0 radical (unpaired) electrons. The van der Waals surface area contributed by atoms with Crippen LogP contribution in [0.4, 0.5) is 5.69 Å². The largest absolute Gasteiger partial charge is 0.339 e. The number of aryl methyl sites for hydroxylation is 1. The number of nitro groups is 1. The summed E-state index contributed by atoms with van der Waals surface area (Å²) in [4.78, 5) is 28.8. The predicted molar refractivity (Wildman–Crippen MR) is 135 cm³/mol.